The van der Waals surface area contributed by atoms with E-state index in [9.17, 15) is 4.79 Å². The number of rotatable bonds is 3. The lowest BCUT2D eigenvalue weighted by Crippen LogP contribution is -2.30. The summed E-state index contributed by atoms with van der Waals surface area (Å²) < 4.78 is 0. The van der Waals surface area contributed by atoms with Crippen LogP contribution < -0.4 is 0 Å². The Hall–Kier alpha value is -1.31. The van der Waals surface area contributed by atoms with Gasteiger partial charge < -0.3 is 10.0 Å². The number of nitrogens with zero attached hydrogens (tertiary/aromatic N) is 1. The Kier molecular flexibility index (Phi) is 5.00. The van der Waals surface area contributed by atoms with E-state index in [4.69, 9.17) is 5.11 Å². The molecule has 4 heteroatoms. The number of carbonyl (C=O) groups excluding carboxylic acids is 1. The van der Waals surface area contributed by atoms with Gasteiger partial charge in [0.15, 0.2) is 0 Å². The van der Waals surface area contributed by atoms with Crippen molar-refractivity contribution in [1.82, 2.24) is 4.90 Å². The molecule has 0 unspecified atom stereocenters. The largest absolute Gasteiger partial charge is 0.384 e. The lowest BCUT2D eigenvalue weighted by atomic mass is 10.1. The molecule has 0 aromatic carbocycles. The van der Waals surface area contributed by atoms with Crippen LogP contribution in [0.25, 0.3) is 0 Å². The number of hydrogen-bond donors (Lipinski definition) is 1. The van der Waals surface area contributed by atoms with Crippen molar-refractivity contribution in [2.45, 2.75) is 25.7 Å². The Morgan fingerprint density at radius 2 is 2.21 bits per heavy atom. The van der Waals surface area contributed by atoms with Gasteiger partial charge in [-0.15, -0.1) is 11.3 Å². The molecule has 0 saturated heterocycles. The zero-order chi connectivity index (χ0) is 13.7. The fraction of sp³-hybridized carbons (Fsp3) is 0.533. The van der Waals surface area contributed by atoms with Gasteiger partial charge >= 0.3 is 0 Å². The van der Waals surface area contributed by atoms with Crippen molar-refractivity contribution in [3.05, 3.63) is 21.9 Å². The Balaban J connectivity index is 1.96. The summed E-state index contributed by atoms with van der Waals surface area (Å²) in [4.78, 5) is 15.6. The highest BCUT2D eigenvalue weighted by molar-refractivity contribution is 7.14. The van der Waals surface area contributed by atoms with Crippen molar-refractivity contribution in [2.75, 3.05) is 20.2 Å². The van der Waals surface area contributed by atoms with E-state index in [1.807, 2.05) is 24.1 Å². The Bertz CT molecular complexity index is 492. The minimum Gasteiger partial charge on any atom is -0.384 e. The zero-order valence-corrected chi connectivity index (χ0v) is 12.0. The molecule has 0 spiro atoms. The molecule has 1 aromatic heterocycles. The lowest BCUT2D eigenvalue weighted by molar-refractivity contribution is 0.0778. The predicted molar refractivity (Wildman–Crippen MR) is 77.2 cm³/mol. The summed E-state index contributed by atoms with van der Waals surface area (Å²) in [5.41, 5.74) is 0. The maximum absolute atomic E-state index is 12.3. The summed E-state index contributed by atoms with van der Waals surface area (Å²) in [6, 6.07) is 3.66. The van der Waals surface area contributed by atoms with Crippen LogP contribution in [0.4, 0.5) is 0 Å². The molecule has 0 atom stereocenters. The van der Waals surface area contributed by atoms with Gasteiger partial charge in [-0.1, -0.05) is 24.7 Å². The van der Waals surface area contributed by atoms with Gasteiger partial charge in [-0.2, -0.15) is 0 Å². The van der Waals surface area contributed by atoms with Crippen LogP contribution >= 0.6 is 11.3 Å². The molecule has 0 aliphatic heterocycles. The third-order valence-corrected chi connectivity index (χ3v) is 4.45. The van der Waals surface area contributed by atoms with Crippen LogP contribution in [-0.4, -0.2) is 36.1 Å². The third kappa shape index (κ3) is 3.82. The minimum absolute atomic E-state index is 0.0777. The van der Waals surface area contributed by atoms with Gasteiger partial charge in [0, 0.05) is 13.6 Å². The van der Waals surface area contributed by atoms with Crippen molar-refractivity contribution in [2.24, 2.45) is 5.92 Å². The summed E-state index contributed by atoms with van der Waals surface area (Å²) in [6.07, 6.45) is 5.09. The van der Waals surface area contributed by atoms with E-state index in [2.05, 4.69) is 11.8 Å². The van der Waals surface area contributed by atoms with E-state index in [1.165, 1.54) is 37.0 Å². The molecule has 1 fully saturated rings. The minimum atomic E-state index is -0.150. The van der Waals surface area contributed by atoms with Crippen LogP contribution in [-0.2, 0) is 0 Å². The first-order valence-corrected chi connectivity index (χ1v) is 7.47. The molecule has 1 N–H and O–H groups in total. The van der Waals surface area contributed by atoms with Crippen LogP contribution in [0.5, 0.6) is 0 Å². The maximum Gasteiger partial charge on any atom is 0.263 e. The van der Waals surface area contributed by atoms with Crippen LogP contribution in [0.15, 0.2) is 12.1 Å². The molecule has 2 rings (SSSR count). The van der Waals surface area contributed by atoms with Crippen LogP contribution in [0.1, 0.15) is 40.2 Å². The number of aliphatic hydroxyl groups is 1. The van der Waals surface area contributed by atoms with Gasteiger partial charge in [-0.3, -0.25) is 4.79 Å². The maximum atomic E-state index is 12.3. The van der Waals surface area contributed by atoms with Crippen LogP contribution in [0.3, 0.4) is 0 Å². The first kappa shape index (κ1) is 14.1. The van der Waals surface area contributed by atoms with Gasteiger partial charge in [-0.05, 0) is 30.9 Å². The fourth-order valence-electron chi connectivity index (χ4n) is 2.50. The monoisotopic (exact) mass is 277 g/mol. The van der Waals surface area contributed by atoms with Crippen molar-refractivity contribution < 1.29 is 9.90 Å². The normalized spacial score (nSPS) is 15.1. The highest BCUT2D eigenvalue weighted by Gasteiger charge is 2.20. The number of amides is 1. The van der Waals surface area contributed by atoms with E-state index in [-0.39, 0.29) is 12.5 Å². The average Bonchev–Trinajstić information content (AvgIpc) is 3.06. The zero-order valence-electron chi connectivity index (χ0n) is 11.2. The third-order valence-electron chi connectivity index (χ3n) is 3.46. The second kappa shape index (κ2) is 6.74. The molecule has 0 bridgehead atoms. The molecule has 3 nitrogen and oxygen atoms in total. The van der Waals surface area contributed by atoms with Crippen molar-refractivity contribution >= 4 is 17.2 Å². The molecule has 1 aromatic rings. The Labute approximate surface area is 118 Å². The molecule has 1 aliphatic rings. The van der Waals surface area contributed by atoms with Crippen LogP contribution in [0, 0.1) is 17.8 Å². The van der Waals surface area contributed by atoms with E-state index in [1.54, 1.807) is 0 Å². The quantitative estimate of drug-likeness (QED) is 0.862. The average molecular weight is 277 g/mol. The molecule has 1 heterocycles. The summed E-state index contributed by atoms with van der Waals surface area (Å²) in [5.74, 6) is 6.17. The Morgan fingerprint density at radius 1 is 1.47 bits per heavy atom. The molecule has 102 valence electrons. The smallest absolute Gasteiger partial charge is 0.263 e. The number of carbonyl (C=O) groups is 1. The SMILES string of the molecule is CN(CC1CCCC1)C(=O)c1ccc(C#CCO)s1. The molecule has 0 radical (unpaired) electrons. The van der Waals surface area contributed by atoms with Crippen molar-refractivity contribution in [3.8, 4) is 11.8 Å². The van der Waals surface area contributed by atoms with Gasteiger partial charge in [0.25, 0.3) is 5.91 Å². The summed E-state index contributed by atoms with van der Waals surface area (Å²) in [6.45, 7) is 0.706. The first-order valence-electron chi connectivity index (χ1n) is 6.65. The summed E-state index contributed by atoms with van der Waals surface area (Å²) in [7, 11) is 1.87. The van der Waals surface area contributed by atoms with E-state index >= 15 is 0 Å². The second-order valence-electron chi connectivity index (χ2n) is 4.96. The molecule has 1 aliphatic carbocycles. The Morgan fingerprint density at radius 3 is 2.89 bits per heavy atom. The lowest BCUT2D eigenvalue weighted by Gasteiger charge is -2.20. The highest BCUT2D eigenvalue weighted by atomic mass is 32.1. The van der Waals surface area contributed by atoms with E-state index < -0.39 is 0 Å². The topological polar surface area (TPSA) is 40.5 Å². The number of aliphatic hydroxyl groups excluding tert-OH is 1. The van der Waals surface area contributed by atoms with Gasteiger partial charge in [0.1, 0.15) is 6.61 Å². The molecule has 1 amide bonds. The van der Waals surface area contributed by atoms with Gasteiger partial charge in [-0.25, -0.2) is 0 Å². The van der Waals surface area contributed by atoms with Gasteiger partial charge in [0.05, 0.1) is 9.75 Å². The van der Waals surface area contributed by atoms with E-state index in [0.717, 1.165) is 16.3 Å². The first-order chi connectivity index (χ1) is 9.20. The summed E-state index contributed by atoms with van der Waals surface area (Å²) in [5, 5.41) is 8.65. The van der Waals surface area contributed by atoms with Gasteiger partial charge in [0.2, 0.25) is 0 Å². The molecule has 1 saturated carbocycles. The highest BCUT2D eigenvalue weighted by Crippen LogP contribution is 2.26. The standard InChI is InChI=1S/C15H19NO2S/c1-16(11-12-5-2-3-6-12)15(18)14-9-8-13(19-14)7-4-10-17/h8-9,12,17H,2-3,5-6,10-11H2,1H3. The predicted octanol–water partition coefficient (Wildman–Crippen LogP) is 2.35. The van der Waals surface area contributed by atoms with Crippen molar-refractivity contribution in [3.63, 3.8) is 0 Å². The van der Waals surface area contributed by atoms with Crippen molar-refractivity contribution in [1.29, 1.82) is 0 Å². The van der Waals surface area contributed by atoms with E-state index in [0.29, 0.717) is 5.92 Å². The summed E-state index contributed by atoms with van der Waals surface area (Å²) >= 11 is 1.39. The number of hydrogen-bond acceptors (Lipinski definition) is 3. The fourth-order valence-corrected chi connectivity index (χ4v) is 3.37. The number of thiophene rings is 1. The molecule has 19 heavy (non-hydrogen) atoms. The van der Waals surface area contributed by atoms with Crippen LogP contribution in [0.2, 0.25) is 0 Å². The molecular formula is C15H19NO2S. The second-order valence-corrected chi connectivity index (χ2v) is 6.04. The molecular weight excluding hydrogens is 258 g/mol.